The Balaban J connectivity index is 1.86. The molecule has 1 aromatic carbocycles. The molecule has 26 heavy (non-hydrogen) atoms. The normalized spacial score (nSPS) is 14.6. The van der Waals surface area contributed by atoms with E-state index >= 15 is 0 Å². The van der Waals surface area contributed by atoms with E-state index in [9.17, 15) is 0 Å². The fourth-order valence-corrected chi connectivity index (χ4v) is 2.74. The van der Waals surface area contributed by atoms with Gasteiger partial charge in [-0.2, -0.15) is 0 Å². The highest BCUT2D eigenvalue weighted by Crippen LogP contribution is 2.32. The maximum absolute atomic E-state index is 5.83. The van der Waals surface area contributed by atoms with Gasteiger partial charge in [0.1, 0.15) is 13.2 Å². The number of hydrogen-bond donors (Lipinski definition) is 1. The monoisotopic (exact) mass is 362 g/mol. The number of nitrogens with zero attached hydrogens (tertiary/aromatic N) is 3. The molecule has 3 rings (SSSR count). The molecule has 8 heteroatoms. The number of piperazine rings is 1. The van der Waals surface area contributed by atoms with Crippen LogP contribution in [0, 0.1) is 0 Å². The number of fused-ring (bicyclic) bond motifs is 1. The Labute approximate surface area is 153 Å². The highest BCUT2D eigenvalue weighted by Gasteiger charge is 2.15. The van der Waals surface area contributed by atoms with Gasteiger partial charge in [-0.05, 0) is 6.07 Å². The van der Waals surface area contributed by atoms with Crippen molar-refractivity contribution >= 4 is 16.9 Å². The van der Waals surface area contributed by atoms with Crippen LogP contribution in [-0.2, 0) is 9.47 Å². The van der Waals surface area contributed by atoms with E-state index in [-0.39, 0.29) is 0 Å². The van der Waals surface area contributed by atoms with Gasteiger partial charge in [-0.25, -0.2) is 9.97 Å². The summed E-state index contributed by atoms with van der Waals surface area (Å²) in [5.41, 5.74) is 0.833. The number of benzene rings is 1. The number of methoxy groups -OCH3 is 2. The smallest absolute Gasteiger partial charge is 0.225 e. The first-order valence-electron chi connectivity index (χ1n) is 8.82. The van der Waals surface area contributed by atoms with Crippen molar-refractivity contribution in [2.24, 2.45) is 0 Å². The van der Waals surface area contributed by atoms with Gasteiger partial charge in [0, 0.05) is 58.0 Å². The third kappa shape index (κ3) is 4.72. The molecule has 0 radical (unpaired) electrons. The van der Waals surface area contributed by atoms with E-state index in [1.165, 1.54) is 0 Å². The molecule has 2 aromatic rings. The first-order chi connectivity index (χ1) is 12.8. The molecule has 1 aromatic heterocycles. The third-order valence-electron chi connectivity index (χ3n) is 4.12. The zero-order chi connectivity index (χ0) is 18.2. The molecule has 0 bridgehead atoms. The van der Waals surface area contributed by atoms with Crippen LogP contribution in [0.1, 0.15) is 0 Å². The largest absolute Gasteiger partial charge is 0.487 e. The van der Waals surface area contributed by atoms with Gasteiger partial charge in [0.05, 0.1) is 18.7 Å². The van der Waals surface area contributed by atoms with Crippen molar-refractivity contribution in [3.05, 3.63) is 18.3 Å². The second kappa shape index (κ2) is 9.51. The number of rotatable bonds is 9. The van der Waals surface area contributed by atoms with Gasteiger partial charge in [0.25, 0.3) is 0 Å². The summed E-state index contributed by atoms with van der Waals surface area (Å²) >= 11 is 0. The summed E-state index contributed by atoms with van der Waals surface area (Å²) in [5.74, 6) is 2.05. The van der Waals surface area contributed by atoms with E-state index in [0.717, 1.165) is 43.0 Å². The molecule has 0 spiro atoms. The van der Waals surface area contributed by atoms with E-state index < -0.39 is 0 Å². The van der Waals surface area contributed by atoms with E-state index in [2.05, 4.69) is 15.2 Å². The maximum atomic E-state index is 5.83. The van der Waals surface area contributed by atoms with Crippen LogP contribution in [0.4, 0.5) is 5.95 Å². The maximum Gasteiger partial charge on any atom is 0.225 e. The van der Waals surface area contributed by atoms with Gasteiger partial charge in [0.15, 0.2) is 11.5 Å². The minimum absolute atomic E-state index is 0.443. The first kappa shape index (κ1) is 18.6. The van der Waals surface area contributed by atoms with E-state index in [1.807, 2.05) is 18.3 Å². The number of nitrogens with one attached hydrogen (secondary N) is 1. The average molecular weight is 362 g/mol. The highest BCUT2D eigenvalue weighted by atomic mass is 16.5. The quantitative estimate of drug-likeness (QED) is 0.664. The van der Waals surface area contributed by atoms with Gasteiger partial charge in [-0.1, -0.05) is 0 Å². The molecule has 1 aliphatic rings. The second-order valence-electron chi connectivity index (χ2n) is 5.95. The number of aromatic nitrogens is 2. The zero-order valence-electron chi connectivity index (χ0n) is 15.4. The standard InChI is InChI=1S/C18H26N4O4/c1-23-7-9-25-16-11-14-13-20-18(22-5-3-19-4-6-22)21-15(14)12-17(16)26-10-8-24-2/h11-13,19H,3-10H2,1-2H3. The SMILES string of the molecule is COCCOc1cc2cnc(N3CCNCC3)nc2cc1OCCOC. The Morgan fingerprint density at radius 1 is 0.962 bits per heavy atom. The Kier molecular flexibility index (Phi) is 6.82. The third-order valence-corrected chi connectivity index (χ3v) is 4.12. The van der Waals surface area contributed by atoms with Crippen molar-refractivity contribution in [3.63, 3.8) is 0 Å². The minimum atomic E-state index is 0.443. The molecular weight excluding hydrogens is 336 g/mol. The molecule has 0 saturated carbocycles. The molecule has 0 amide bonds. The Bertz CT molecular complexity index is 707. The summed E-state index contributed by atoms with van der Waals surface area (Å²) in [5, 5.41) is 4.25. The van der Waals surface area contributed by atoms with Crippen LogP contribution < -0.4 is 19.7 Å². The summed E-state index contributed by atoms with van der Waals surface area (Å²) in [6.45, 7) is 5.60. The molecule has 2 heterocycles. The lowest BCUT2D eigenvalue weighted by Crippen LogP contribution is -2.44. The molecule has 1 fully saturated rings. The Morgan fingerprint density at radius 2 is 1.62 bits per heavy atom. The van der Waals surface area contributed by atoms with Crippen molar-refractivity contribution in [1.29, 1.82) is 0 Å². The van der Waals surface area contributed by atoms with Crippen LogP contribution in [-0.4, -0.2) is 76.8 Å². The van der Waals surface area contributed by atoms with E-state index in [1.54, 1.807) is 14.2 Å². The zero-order valence-corrected chi connectivity index (χ0v) is 15.4. The second-order valence-corrected chi connectivity index (χ2v) is 5.95. The summed E-state index contributed by atoms with van der Waals surface area (Å²) in [4.78, 5) is 11.4. The Morgan fingerprint density at radius 3 is 2.27 bits per heavy atom. The van der Waals surface area contributed by atoms with Crippen LogP contribution in [0.25, 0.3) is 10.9 Å². The van der Waals surface area contributed by atoms with Crippen molar-refractivity contribution in [2.45, 2.75) is 0 Å². The van der Waals surface area contributed by atoms with Crippen molar-refractivity contribution in [1.82, 2.24) is 15.3 Å². The van der Waals surface area contributed by atoms with E-state index in [0.29, 0.717) is 37.9 Å². The number of ether oxygens (including phenoxy) is 4. The lowest BCUT2D eigenvalue weighted by molar-refractivity contribution is 0.132. The Hall–Kier alpha value is -2.16. The molecule has 1 saturated heterocycles. The van der Waals surface area contributed by atoms with Crippen molar-refractivity contribution in [2.75, 3.05) is 71.7 Å². The molecular formula is C18H26N4O4. The number of anilines is 1. The van der Waals surface area contributed by atoms with Crippen molar-refractivity contribution in [3.8, 4) is 11.5 Å². The molecule has 1 aliphatic heterocycles. The van der Waals surface area contributed by atoms with Crippen LogP contribution in [0.2, 0.25) is 0 Å². The van der Waals surface area contributed by atoms with Crippen molar-refractivity contribution < 1.29 is 18.9 Å². The summed E-state index contributed by atoms with van der Waals surface area (Å²) < 4.78 is 21.7. The molecule has 8 nitrogen and oxygen atoms in total. The molecule has 0 aliphatic carbocycles. The topological polar surface area (TPSA) is 78.0 Å². The predicted octanol–water partition coefficient (Wildman–Crippen LogP) is 1.09. The molecule has 1 N–H and O–H groups in total. The van der Waals surface area contributed by atoms with Crippen LogP contribution in [0.5, 0.6) is 11.5 Å². The lowest BCUT2D eigenvalue weighted by atomic mass is 10.2. The molecule has 0 unspecified atom stereocenters. The minimum Gasteiger partial charge on any atom is -0.487 e. The summed E-state index contributed by atoms with van der Waals surface area (Å²) in [6.07, 6.45) is 1.84. The summed E-state index contributed by atoms with van der Waals surface area (Å²) in [6, 6.07) is 3.81. The van der Waals surface area contributed by atoms with Gasteiger partial charge >= 0.3 is 0 Å². The summed E-state index contributed by atoms with van der Waals surface area (Å²) in [7, 11) is 3.29. The predicted molar refractivity (Wildman–Crippen MR) is 99.4 cm³/mol. The van der Waals surface area contributed by atoms with Crippen LogP contribution >= 0.6 is 0 Å². The van der Waals surface area contributed by atoms with Gasteiger partial charge in [0.2, 0.25) is 5.95 Å². The van der Waals surface area contributed by atoms with Gasteiger partial charge in [-0.3, -0.25) is 0 Å². The average Bonchev–Trinajstić information content (AvgIpc) is 2.69. The fraction of sp³-hybridized carbons (Fsp3) is 0.556. The first-order valence-corrected chi connectivity index (χ1v) is 8.82. The lowest BCUT2D eigenvalue weighted by Gasteiger charge is -2.27. The van der Waals surface area contributed by atoms with E-state index in [4.69, 9.17) is 23.9 Å². The highest BCUT2D eigenvalue weighted by molar-refractivity contribution is 5.82. The molecule has 0 atom stereocenters. The van der Waals surface area contributed by atoms with Crippen LogP contribution in [0.15, 0.2) is 18.3 Å². The number of hydrogen-bond acceptors (Lipinski definition) is 8. The van der Waals surface area contributed by atoms with Gasteiger partial charge < -0.3 is 29.2 Å². The van der Waals surface area contributed by atoms with Gasteiger partial charge in [-0.15, -0.1) is 0 Å². The fourth-order valence-electron chi connectivity index (χ4n) is 2.74. The van der Waals surface area contributed by atoms with Crippen LogP contribution in [0.3, 0.4) is 0 Å². The molecule has 142 valence electrons.